The molecule has 1 aromatic heterocycles. The number of ether oxygens (including phenoxy) is 2. The van der Waals surface area contributed by atoms with E-state index in [0.717, 1.165) is 0 Å². The van der Waals surface area contributed by atoms with Crippen LogP contribution < -0.4 is 9.47 Å². The fourth-order valence-corrected chi connectivity index (χ4v) is 7.80. The highest BCUT2D eigenvalue weighted by atomic mass is 32.2. The van der Waals surface area contributed by atoms with Gasteiger partial charge in [-0.25, -0.2) is 21.1 Å². The van der Waals surface area contributed by atoms with Crippen molar-refractivity contribution in [2.45, 2.75) is 31.2 Å². The van der Waals surface area contributed by atoms with Gasteiger partial charge in [0.2, 0.25) is 0 Å². The van der Waals surface area contributed by atoms with Crippen LogP contribution >= 0.6 is 0 Å². The maximum atomic E-state index is 13.1. The van der Waals surface area contributed by atoms with Gasteiger partial charge in [-0.3, -0.25) is 9.59 Å². The number of aryl methyl sites for hydroxylation is 1. The molecule has 1 amide bonds. The number of methoxy groups -OCH3 is 2. The van der Waals surface area contributed by atoms with Crippen LogP contribution in [-0.2, 0) is 19.9 Å². The minimum Gasteiger partial charge on any atom is -0.493 e. The van der Waals surface area contributed by atoms with Crippen molar-refractivity contribution in [3.05, 3.63) is 40.7 Å². The molecule has 3 heterocycles. The molecule has 0 aliphatic carbocycles. The van der Waals surface area contributed by atoms with Gasteiger partial charge in [0.1, 0.15) is 11.4 Å². The lowest BCUT2D eigenvalue weighted by molar-refractivity contribution is 0.0820. The summed E-state index contributed by atoms with van der Waals surface area (Å²) >= 11 is 0. The number of aromatic nitrogens is 1. The SMILES string of the molecule is COc1cc2c(cc1OC)S(=O)(=O)N(CC(=O)c1cc(C)n(C3CCS(=O)(=O)C3)c1C)C2=O. The van der Waals surface area contributed by atoms with Crippen LogP contribution in [-0.4, -0.2) is 69.7 Å². The molecule has 0 bridgehead atoms. The maximum Gasteiger partial charge on any atom is 0.269 e. The molecule has 1 fully saturated rings. The van der Waals surface area contributed by atoms with Crippen molar-refractivity contribution in [1.29, 1.82) is 0 Å². The third-order valence-electron chi connectivity index (χ3n) is 6.16. The van der Waals surface area contributed by atoms with Crippen molar-refractivity contribution in [2.75, 3.05) is 32.3 Å². The highest BCUT2D eigenvalue weighted by Gasteiger charge is 2.44. The van der Waals surface area contributed by atoms with Crippen molar-refractivity contribution in [1.82, 2.24) is 8.87 Å². The fraction of sp³-hybridized carbons (Fsp3) is 0.429. The van der Waals surface area contributed by atoms with Gasteiger partial charge in [-0.05, 0) is 32.4 Å². The Balaban J connectivity index is 1.66. The molecule has 1 atom stereocenters. The van der Waals surface area contributed by atoms with Gasteiger partial charge in [0.25, 0.3) is 15.9 Å². The first-order valence-corrected chi connectivity index (χ1v) is 13.4. The minimum atomic E-state index is -4.26. The van der Waals surface area contributed by atoms with Crippen LogP contribution in [0, 0.1) is 13.8 Å². The molecule has 178 valence electrons. The van der Waals surface area contributed by atoms with Crippen molar-refractivity contribution >= 4 is 31.6 Å². The number of carbonyl (C=O) groups is 2. The molecule has 1 aromatic carbocycles. The molecule has 0 N–H and O–H groups in total. The maximum absolute atomic E-state index is 13.1. The van der Waals surface area contributed by atoms with Crippen molar-refractivity contribution in [2.24, 2.45) is 0 Å². The van der Waals surface area contributed by atoms with Crippen LogP contribution in [0.5, 0.6) is 11.5 Å². The molecular formula is C21H24N2O8S2. The summed E-state index contributed by atoms with van der Waals surface area (Å²) in [5.41, 5.74) is 1.41. The Morgan fingerprint density at radius 3 is 2.27 bits per heavy atom. The lowest BCUT2D eigenvalue weighted by Gasteiger charge is -2.17. The summed E-state index contributed by atoms with van der Waals surface area (Å²) in [4.78, 5) is 25.8. The van der Waals surface area contributed by atoms with Crippen LogP contribution in [0.15, 0.2) is 23.1 Å². The number of hydrogen-bond acceptors (Lipinski definition) is 8. The normalized spacial score (nSPS) is 20.7. The van der Waals surface area contributed by atoms with E-state index < -0.39 is 38.1 Å². The van der Waals surface area contributed by atoms with Gasteiger partial charge in [-0.15, -0.1) is 0 Å². The topological polar surface area (TPSA) is 129 Å². The first kappa shape index (κ1) is 23.3. The van der Waals surface area contributed by atoms with E-state index in [9.17, 15) is 26.4 Å². The van der Waals surface area contributed by atoms with E-state index >= 15 is 0 Å². The van der Waals surface area contributed by atoms with E-state index in [1.807, 2.05) is 4.57 Å². The summed E-state index contributed by atoms with van der Waals surface area (Å²) in [6.45, 7) is 2.78. The molecule has 4 rings (SSSR count). The number of benzene rings is 1. The summed E-state index contributed by atoms with van der Waals surface area (Å²) in [5, 5.41) is 0. The molecule has 0 saturated carbocycles. The first-order valence-electron chi connectivity index (χ1n) is 10.2. The number of hydrogen-bond donors (Lipinski definition) is 0. The fourth-order valence-electron chi connectivity index (χ4n) is 4.58. The van der Waals surface area contributed by atoms with Crippen LogP contribution in [0.2, 0.25) is 0 Å². The van der Waals surface area contributed by atoms with Gasteiger partial charge < -0.3 is 14.0 Å². The lowest BCUT2D eigenvalue weighted by Crippen LogP contribution is -2.35. The molecule has 2 aromatic rings. The van der Waals surface area contributed by atoms with Gasteiger partial charge in [0.15, 0.2) is 27.1 Å². The summed E-state index contributed by atoms with van der Waals surface area (Å²) in [6, 6.07) is 3.82. The van der Waals surface area contributed by atoms with E-state index in [1.54, 1.807) is 19.9 Å². The molecular weight excluding hydrogens is 472 g/mol. The highest BCUT2D eigenvalue weighted by molar-refractivity contribution is 7.91. The number of nitrogens with zero attached hydrogens (tertiary/aromatic N) is 2. The standard InChI is InChI=1S/C21H24N2O8S2/c1-12-7-15(13(2)23(12)14-5-6-32(26,27)11-14)17(24)10-22-21(25)16-8-18(30-3)19(31-4)9-20(16)33(22,28)29/h7-9,14H,5-6,10-11H2,1-4H3. The van der Waals surface area contributed by atoms with Crippen molar-refractivity contribution < 1.29 is 35.9 Å². The van der Waals surface area contributed by atoms with Crippen molar-refractivity contribution in [3.8, 4) is 11.5 Å². The van der Waals surface area contributed by atoms with Gasteiger partial charge in [-0.1, -0.05) is 0 Å². The number of Topliss-reactive ketones (excluding diaryl/α,β-unsaturated/α-hetero) is 1. The summed E-state index contributed by atoms with van der Waals surface area (Å²) in [7, 11) is -4.68. The largest absolute Gasteiger partial charge is 0.493 e. The molecule has 33 heavy (non-hydrogen) atoms. The summed E-state index contributed by atoms with van der Waals surface area (Å²) in [6.07, 6.45) is 0.449. The van der Waals surface area contributed by atoms with E-state index in [2.05, 4.69) is 0 Å². The minimum absolute atomic E-state index is 0.00500. The molecule has 2 aliphatic heterocycles. The zero-order chi connectivity index (χ0) is 24.3. The predicted molar refractivity (Wildman–Crippen MR) is 118 cm³/mol. The average Bonchev–Trinajstić information content (AvgIpc) is 3.32. The number of amides is 1. The van der Waals surface area contributed by atoms with Gasteiger partial charge in [0.05, 0.1) is 31.3 Å². The molecule has 2 aliphatic rings. The third-order valence-corrected chi connectivity index (χ3v) is 9.68. The second-order valence-corrected chi connectivity index (χ2v) is 12.2. The van der Waals surface area contributed by atoms with Crippen LogP contribution in [0.1, 0.15) is 44.6 Å². The Labute approximate surface area is 192 Å². The van der Waals surface area contributed by atoms with E-state index in [0.29, 0.717) is 22.1 Å². The quantitative estimate of drug-likeness (QED) is 0.551. The highest BCUT2D eigenvalue weighted by Crippen LogP contribution is 2.39. The van der Waals surface area contributed by atoms with Crippen LogP contribution in [0.4, 0.5) is 0 Å². The van der Waals surface area contributed by atoms with Crippen molar-refractivity contribution in [3.63, 3.8) is 0 Å². The predicted octanol–water partition coefficient (Wildman–Crippen LogP) is 1.51. The zero-order valence-electron chi connectivity index (χ0n) is 18.6. The molecule has 10 nitrogen and oxygen atoms in total. The zero-order valence-corrected chi connectivity index (χ0v) is 20.2. The summed E-state index contributed by atoms with van der Waals surface area (Å²) < 4.78 is 62.6. The Kier molecular flexibility index (Phi) is 5.56. The van der Waals surface area contributed by atoms with Crippen LogP contribution in [0.25, 0.3) is 0 Å². The Morgan fingerprint density at radius 1 is 1.06 bits per heavy atom. The Hall–Kier alpha value is -2.86. The molecule has 1 unspecified atom stereocenters. The van der Waals surface area contributed by atoms with E-state index in [-0.39, 0.29) is 45.1 Å². The van der Waals surface area contributed by atoms with Gasteiger partial charge >= 0.3 is 0 Å². The Morgan fingerprint density at radius 2 is 1.70 bits per heavy atom. The number of ketones is 1. The number of fused-ring (bicyclic) bond motifs is 1. The molecule has 12 heteroatoms. The first-order chi connectivity index (χ1) is 15.4. The van der Waals surface area contributed by atoms with E-state index in [4.69, 9.17) is 9.47 Å². The smallest absolute Gasteiger partial charge is 0.269 e. The number of sulfone groups is 1. The lowest BCUT2D eigenvalue weighted by atomic mass is 10.1. The molecule has 0 radical (unpaired) electrons. The third kappa shape index (κ3) is 3.70. The second kappa shape index (κ2) is 7.87. The molecule has 0 spiro atoms. The average molecular weight is 497 g/mol. The molecule has 1 saturated heterocycles. The van der Waals surface area contributed by atoms with Gasteiger partial charge in [-0.2, -0.15) is 0 Å². The number of carbonyl (C=O) groups excluding carboxylic acids is 2. The Bertz CT molecular complexity index is 1390. The monoisotopic (exact) mass is 496 g/mol. The summed E-state index contributed by atoms with van der Waals surface area (Å²) in [5.74, 6) is -0.952. The second-order valence-electron chi connectivity index (χ2n) is 8.16. The van der Waals surface area contributed by atoms with E-state index in [1.165, 1.54) is 26.4 Å². The van der Waals surface area contributed by atoms with Gasteiger partial charge in [0, 0.05) is 29.1 Å². The number of sulfonamides is 1. The number of rotatable bonds is 6. The van der Waals surface area contributed by atoms with Crippen LogP contribution in [0.3, 0.4) is 0 Å².